The van der Waals surface area contributed by atoms with Gasteiger partial charge in [0, 0.05) is 0 Å². The van der Waals surface area contributed by atoms with Crippen LogP contribution in [0.15, 0.2) is 0 Å². The highest BCUT2D eigenvalue weighted by Gasteiger charge is 2.32. The van der Waals surface area contributed by atoms with Crippen LogP contribution in [0.1, 0.15) is 52.9 Å². The fourth-order valence-corrected chi connectivity index (χ4v) is 2.68. The zero-order valence-corrected chi connectivity index (χ0v) is 18.3. The summed E-state index contributed by atoms with van der Waals surface area (Å²) in [5, 5.41) is 16.6. The Morgan fingerprint density at radius 2 is 1.48 bits per heavy atom. The Labute approximate surface area is 182 Å². The van der Waals surface area contributed by atoms with Gasteiger partial charge in [-0.25, -0.2) is 4.79 Å². The molecule has 0 saturated heterocycles. The van der Waals surface area contributed by atoms with E-state index >= 15 is 0 Å². The molecule has 12 heteroatoms. The maximum absolute atomic E-state index is 12.8. The fourth-order valence-electron chi connectivity index (χ4n) is 2.68. The minimum atomic E-state index is -1.40. The predicted octanol–water partition coefficient (Wildman–Crippen LogP) is -2.08. The first-order valence-electron chi connectivity index (χ1n) is 10.3. The van der Waals surface area contributed by atoms with Crippen LogP contribution in [-0.4, -0.2) is 65.4 Å². The van der Waals surface area contributed by atoms with Crippen molar-refractivity contribution in [2.24, 2.45) is 23.1 Å². The standard InChI is InChI=1S/C19H36N6O6/c1-4-10(2)15(25-16(27)11(3)21)18(29)24-13(9-14(22)26)17(28)23-12(19(30)31)7-5-6-8-20/h10-13,15H,4-9,20-21H2,1-3H3,(H2,22,26)(H,23,28)(H,24,29)(H,25,27)(H,30,31). The molecule has 0 saturated carbocycles. The monoisotopic (exact) mass is 444 g/mol. The van der Waals surface area contributed by atoms with E-state index in [2.05, 4.69) is 16.0 Å². The first-order chi connectivity index (χ1) is 14.4. The lowest BCUT2D eigenvalue weighted by molar-refractivity contribution is -0.142. The highest BCUT2D eigenvalue weighted by atomic mass is 16.4. The van der Waals surface area contributed by atoms with Crippen molar-refractivity contribution in [2.45, 2.75) is 77.0 Å². The summed E-state index contributed by atoms with van der Waals surface area (Å²) in [5.41, 5.74) is 16.1. The number of nitrogens with one attached hydrogen (secondary N) is 3. The molecule has 0 aliphatic heterocycles. The second-order valence-electron chi connectivity index (χ2n) is 7.58. The van der Waals surface area contributed by atoms with Crippen molar-refractivity contribution < 1.29 is 29.1 Å². The van der Waals surface area contributed by atoms with Crippen molar-refractivity contribution in [3.05, 3.63) is 0 Å². The van der Waals surface area contributed by atoms with Crippen LogP contribution in [0.5, 0.6) is 0 Å². The Bertz CT molecular complexity index is 641. The highest BCUT2D eigenvalue weighted by Crippen LogP contribution is 2.10. The van der Waals surface area contributed by atoms with Crippen LogP contribution in [0.4, 0.5) is 0 Å². The summed E-state index contributed by atoms with van der Waals surface area (Å²) in [5.74, 6) is -4.55. The van der Waals surface area contributed by atoms with Gasteiger partial charge in [0.25, 0.3) is 0 Å². The van der Waals surface area contributed by atoms with Crippen molar-refractivity contribution in [2.75, 3.05) is 6.54 Å². The van der Waals surface area contributed by atoms with Gasteiger partial charge in [0.2, 0.25) is 23.6 Å². The number of primary amides is 1. The number of carbonyl (C=O) groups is 5. The predicted molar refractivity (Wildman–Crippen MR) is 113 cm³/mol. The third-order valence-corrected chi connectivity index (χ3v) is 4.81. The molecule has 0 bridgehead atoms. The van der Waals surface area contributed by atoms with Gasteiger partial charge in [0.05, 0.1) is 12.5 Å². The molecule has 4 amide bonds. The molecule has 0 aliphatic rings. The van der Waals surface area contributed by atoms with Crippen LogP contribution in [0.2, 0.25) is 0 Å². The van der Waals surface area contributed by atoms with Crippen LogP contribution in [0.3, 0.4) is 0 Å². The van der Waals surface area contributed by atoms with Crippen LogP contribution >= 0.6 is 0 Å². The smallest absolute Gasteiger partial charge is 0.326 e. The number of amides is 4. The van der Waals surface area contributed by atoms with Crippen LogP contribution in [-0.2, 0) is 24.0 Å². The number of rotatable bonds is 15. The third kappa shape index (κ3) is 10.7. The molecule has 0 aromatic rings. The summed E-state index contributed by atoms with van der Waals surface area (Å²) < 4.78 is 0. The average molecular weight is 445 g/mol. The molecule has 178 valence electrons. The number of carbonyl (C=O) groups excluding carboxylic acids is 4. The summed E-state index contributed by atoms with van der Waals surface area (Å²) >= 11 is 0. The molecule has 0 aliphatic carbocycles. The van der Waals surface area contributed by atoms with E-state index in [1.54, 1.807) is 6.92 Å². The number of nitrogens with two attached hydrogens (primary N) is 3. The number of unbranched alkanes of at least 4 members (excludes halogenated alkanes) is 1. The molecule has 31 heavy (non-hydrogen) atoms. The van der Waals surface area contributed by atoms with E-state index in [0.29, 0.717) is 25.8 Å². The van der Waals surface area contributed by atoms with Gasteiger partial charge < -0.3 is 38.3 Å². The molecule has 0 aromatic heterocycles. The van der Waals surface area contributed by atoms with Gasteiger partial charge in [0.1, 0.15) is 18.1 Å². The van der Waals surface area contributed by atoms with Gasteiger partial charge in [-0.15, -0.1) is 0 Å². The third-order valence-electron chi connectivity index (χ3n) is 4.81. The first-order valence-corrected chi connectivity index (χ1v) is 10.3. The zero-order chi connectivity index (χ0) is 24.1. The van der Waals surface area contributed by atoms with Crippen LogP contribution < -0.4 is 33.2 Å². The van der Waals surface area contributed by atoms with E-state index in [1.165, 1.54) is 6.92 Å². The average Bonchev–Trinajstić information content (AvgIpc) is 2.69. The summed E-state index contributed by atoms with van der Waals surface area (Å²) in [4.78, 5) is 60.3. The Hall–Kier alpha value is -2.73. The molecule has 0 rings (SSSR count). The summed E-state index contributed by atoms with van der Waals surface area (Å²) in [6.07, 6.45) is 1.18. The summed E-state index contributed by atoms with van der Waals surface area (Å²) in [6.45, 7) is 5.38. The number of hydrogen-bond acceptors (Lipinski definition) is 7. The normalized spacial score (nSPS) is 15.6. The Morgan fingerprint density at radius 3 is 1.94 bits per heavy atom. The molecule has 0 fully saturated rings. The maximum atomic E-state index is 12.8. The topological polar surface area (TPSA) is 220 Å². The second kappa shape index (κ2) is 14.3. The highest BCUT2D eigenvalue weighted by molar-refractivity contribution is 5.96. The van der Waals surface area contributed by atoms with E-state index < -0.39 is 60.2 Å². The van der Waals surface area contributed by atoms with Crippen molar-refractivity contribution in [3.8, 4) is 0 Å². The van der Waals surface area contributed by atoms with Crippen molar-refractivity contribution >= 4 is 29.6 Å². The number of carboxylic acids is 1. The van der Waals surface area contributed by atoms with E-state index in [0.717, 1.165) is 0 Å². The minimum absolute atomic E-state index is 0.134. The Kier molecular flexibility index (Phi) is 13.0. The summed E-state index contributed by atoms with van der Waals surface area (Å²) in [7, 11) is 0. The van der Waals surface area contributed by atoms with E-state index in [1.807, 2.05) is 6.92 Å². The van der Waals surface area contributed by atoms with E-state index in [9.17, 15) is 29.1 Å². The van der Waals surface area contributed by atoms with Crippen molar-refractivity contribution in [1.29, 1.82) is 0 Å². The lowest BCUT2D eigenvalue weighted by Crippen LogP contribution is -2.59. The van der Waals surface area contributed by atoms with Gasteiger partial charge in [-0.1, -0.05) is 20.3 Å². The van der Waals surface area contributed by atoms with Gasteiger partial charge in [-0.05, 0) is 38.6 Å². The lowest BCUT2D eigenvalue weighted by atomic mass is 9.97. The summed E-state index contributed by atoms with van der Waals surface area (Å²) in [6, 6.07) is -4.48. The van der Waals surface area contributed by atoms with E-state index in [4.69, 9.17) is 17.2 Å². The molecule has 12 nitrogen and oxygen atoms in total. The zero-order valence-electron chi connectivity index (χ0n) is 18.3. The number of aliphatic carboxylic acids is 1. The van der Waals surface area contributed by atoms with Gasteiger partial charge in [0.15, 0.2) is 0 Å². The molecule has 0 aromatic carbocycles. The van der Waals surface area contributed by atoms with Crippen molar-refractivity contribution in [3.63, 3.8) is 0 Å². The number of carboxylic acid groups (broad SMARTS) is 1. The SMILES string of the molecule is CCC(C)C(NC(=O)C(C)N)C(=O)NC(CC(N)=O)C(=O)NC(CCCCN)C(=O)O. The molecular weight excluding hydrogens is 408 g/mol. The lowest BCUT2D eigenvalue weighted by Gasteiger charge is -2.27. The molecule has 5 atom stereocenters. The Morgan fingerprint density at radius 1 is 0.903 bits per heavy atom. The van der Waals surface area contributed by atoms with Crippen molar-refractivity contribution in [1.82, 2.24) is 16.0 Å². The maximum Gasteiger partial charge on any atom is 0.326 e. The molecule has 0 radical (unpaired) electrons. The first kappa shape index (κ1) is 28.3. The molecule has 10 N–H and O–H groups in total. The number of hydrogen-bond donors (Lipinski definition) is 7. The van der Waals surface area contributed by atoms with Crippen LogP contribution in [0, 0.1) is 5.92 Å². The van der Waals surface area contributed by atoms with Gasteiger partial charge in [-0.2, -0.15) is 0 Å². The molecule has 5 unspecified atom stereocenters. The molecule has 0 spiro atoms. The quantitative estimate of drug-likeness (QED) is 0.139. The Balaban J connectivity index is 5.44. The molecule has 0 heterocycles. The van der Waals surface area contributed by atoms with Gasteiger partial charge >= 0.3 is 5.97 Å². The minimum Gasteiger partial charge on any atom is -0.480 e. The second-order valence-corrected chi connectivity index (χ2v) is 7.58. The van der Waals surface area contributed by atoms with Gasteiger partial charge in [-0.3, -0.25) is 19.2 Å². The van der Waals surface area contributed by atoms with E-state index in [-0.39, 0.29) is 12.3 Å². The molecular formula is C19H36N6O6. The fraction of sp³-hybridized carbons (Fsp3) is 0.737. The van der Waals surface area contributed by atoms with Crippen LogP contribution in [0.25, 0.3) is 0 Å². The largest absolute Gasteiger partial charge is 0.480 e.